The summed E-state index contributed by atoms with van der Waals surface area (Å²) in [6.07, 6.45) is 5.04. The lowest BCUT2D eigenvalue weighted by Gasteiger charge is -2.36. The van der Waals surface area contributed by atoms with Crippen LogP contribution in [0.2, 0.25) is 0 Å². The smallest absolute Gasteiger partial charge is 0.150 e. The molecule has 0 aromatic heterocycles. The molecule has 0 bridgehead atoms. The average Bonchev–Trinajstić information content (AvgIpc) is 2.46. The third kappa shape index (κ3) is 4.45. The summed E-state index contributed by atoms with van der Waals surface area (Å²) in [5.41, 5.74) is 7.72. The molecule has 2 N–H and O–H groups in total. The van der Waals surface area contributed by atoms with Crippen molar-refractivity contribution < 1.29 is 8.42 Å². The third-order valence-corrected chi connectivity index (χ3v) is 6.13. The van der Waals surface area contributed by atoms with Gasteiger partial charge in [0.15, 0.2) is 0 Å². The minimum absolute atomic E-state index is 0.170. The molecule has 2 rings (SSSR count). The predicted octanol–water partition coefficient (Wildman–Crippen LogP) is 2.45. The van der Waals surface area contributed by atoms with Gasteiger partial charge in [-0.05, 0) is 43.5 Å². The van der Waals surface area contributed by atoms with Crippen LogP contribution >= 0.6 is 0 Å². The second-order valence-electron chi connectivity index (χ2n) is 6.08. The SMILES string of the molecule is CCN(Cc1ccc(N)cc1)C1CCCC(S(C)(=O)=O)C1. The van der Waals surface area contributed by atoms with E-state index in [0.29, 0.717) is 6.04 Å². The lowest BCUT2D eigenvalue weighted by atomic mass is 9.93. The molecular weight excluding hydrogens is 284 g/mol. The van der Waals surface area contributed by atoms with Gasteiger partial charge in [-0.15, -0.1) is 0 Å². The molecule has 21 heavy (non-hydrogen) atoms. The molecule has 0 amide bonds. The standard InChI is InChI=1S/C16H26N2O2S/c1-3-18(12-13-7-9-14(17)10-8-13)15-5-4-6-16(11-15)21(2,19)20/h7-10,15-16H,3-6,11-12,17H2,1-2H3. The highest BCUT2D eigenvalue weighted by molar-refractivity contribution is 7.91. The van der Waals surface area contributed by atoms with Crippen molar-refractivity contribution in [3.63, 3.8) is 0 Å². The van der Waals surface area contributed by atoms with Gasteiger partial charge < -0.3 is 5.73 Å². The Labute approximate surface area is 128 Å². The zero-order valence-corrected chi connectivity index (χ0v) is 13.8. The summed E-state index contributed by atoms with van der Waals surface area (Å²) < 4.78 is 23.6. The molecule has 0 aliphatic heterocycles. The van der Waals surface area contributed by atoms with Crippen molar-refractivity contribution in [2.24, 2.45) is 0 Å². The molecule has 0 heterocycles. The summed E-state index contributed by atoms with van der Waals surface area (Å²) in [5, 5.41) is -0.170. The number of nitrogens with zero attached hydrogens (tertiary/aromatic N) is 1. The first kappa shape index (κ1) is 16.3. The highest BCUT2D eigenvalue weighted by atomic mass is 32.2. The summed E-state index contributed by atoms with van der Waals surface area (Å²) in [4.78, 5) is 2.39. The molecule has 2 unspecified atom stereocenters. The number of rotatable bonds is 5. The summed E-state index contributed by atoms with van der Waals surface area (Å²) in [7, 11) is -2.92. The van der Waals surface area contributed by atoms with E-state index < -0.39 is 9.84 Å². The van der Waals surface area contributed by atoms with Gasteiger partial charge >= 0.3 is 0 Å². The maximum atomic E-state index is 11.8. The minimum atomic E-state index is -2.92. The maximum absolute atomic E-state index is 11.8. The maximum Gasteiger partial charge on any atom is 0.150 e. The van der Waals surface area contributed by atoms with Crippen LogP contribution in [0, 0.1) is 0 Å². The van der Waals surface area contributed by atoms with E-state index >= 15 is 0 Å². The molecule has 0 radical (unpaired) electrons. The van der Waals surface area contributed by atoms with Crippen LogP contribution in [0.4, 0.5) is 5.69 Å². The van der Waals surface area contributed by atoms with Crippen LogP contribution in [-0.2, 0) is 16.4 Å². The lowest BCUT2D eigenvalue weighted by molar-refractivity contribution is 0.157. The Bertz CT molecular complexity index is 554. The van der Waals surface area contributed by atoms with Gasteiger partial charge in [0.2, 0.25) is 0 Å². The highest BCUT2D eigenvalue weighted by Gasteiger charge is 2.31. The van der Waals surface area contributed by atoms with Gasteiger partial charge in [0.05, 0.1) is 5.25 Å². The summed E-state index contributed by atoms with van der Waals surface area (Å²) in [6.45, 7) is 3.94. The number of sulfone groups is 1. The topological polar surface area (TPSA) is 63.4 Å². The molecule has 1 aromatic rings. The fourth-order valence-electron chi connectivity index (χ4n) is 3.20. The Morgan fingerprint density at radius 3 is 2.48 bits per heavy atom. The highest BCUT2D eigenvalue weighted by Crippen LogP contribution is 2.28. The zero-order valence-electron chi connectivity index (χ0n) is 13.0. The molecule has 1 aromatic carbocycles. The molecule has 118 valence electrons. The molecule has 1 aliphatic rings. The molecular formula is C16H26N2O2S. The number of benzene rings is 1. The van der Waals surface area contributed by atoms with Crippen LogP contribution in [0.1, 0.15) is 38.2 Å². The van der Waals surface area contributed by atoms with Gasteiger partial charge in [-0.2, -0.15) is 0 Å². The number of nitrogen functional groups attached to an aromatic ring is 1. The number of hydrogen-bond acceptors (Lipinski definition) is 4. The Kier molecular flexibility index (Phi) is 5.27. The van der Waals surface area contributed by atoms with Gasteiger partial charge in [-0.1, -0.05) is 25.5 Å². The summed E-state index contributed by atoms with van der Waals surface area (Å²) in [6, 6.07) is 8.30. The van der Waals surface area contributed by atoms with E-state index in [1.165, 1.54) is 11.8 Å². The van der Waals surface area contributed by atoms with E-state index in [9.17, 15) is 8.42 Å². The van der Waals surface area contributed by atoms with Crippen LogP contribution in [-0.4, -0.2) is 37.4 Å². The van der Waals surface area contributed by atoms with E-state index in [-0.39, 0.29) is 5.25 Å². The van der Waals surface area contributed by atoms with Gasteiger partial charge in [0.1, 0.15) is 9.84 Å². The Balaban J connectivity index is 2.04. The summed E-state index contributed by atoms with van der Waals surface area (Å²) >= 11 is 0. The molecule has 0 spiro atoms. The van der Waals surface area contributed by atoms with Crippen molar-refractivity contribution >= 4 is 15.5 Å². The molecule has 1 saturated carbocycles. The molecule has 1 aliphatic carbocycles. The number of nitrogens with two attached hydrogens (primary N) is 1. The fraction of sp³-hybridized carbons (Fsp3) is 0.625. The predicted molar refractivity (Wildman–Crippen MR) is 87.8 cm³/mol. The van der Waals surface area contributed by atoms with Crippen molar-refractivity contribution in [1.29, 1.82) is 0 Å². The average molecular weight is 310 g/mol. The quantitative estimate of drug-likeness (QED) is 0.849. The molecule has 1 fully saturated rings. The van der Waals surface area contributed by atoms with Gasteiger partial charge in [0, 0.05) is 24.5 Å². The van der Waals surface area contributed by atoms with Crippen LogP contribution in [0.25, 0.3) is 0 Å². The van der Waals surface area contributed by atoms with E-state index in [1.807, 2.05) is 12.1 Å². The largest absolute Gasteiger partial charge is 0.399 e. The van der Waals surface area contributed by atoms with Crippen molar-refractivity contribution in [2.75, 3.05) is 18.5 Å². The fourth-order valence-corrected chi connectivity index (χ4v) is 4.36. The van der Waals surface area contributed by atoms with E-state index in [2.05, 4.69) is 24.0 Å². The zero-order chi connectivity index (χ0) is 15.5. The van der Waals surface area contributed by atoms with Crippen molar-refractivity contribution in [3.05, 3.63) is 29.8 Å². The Morgan fingerprint density at radius 2 is 1.90 bits per heavy atom. The normalized spacial score (nSPS) is 23.4. The van der Waals surface area contributed by atoms with Crippen LogP contribution < -0.4 is 5.73 Å². The van der Waals surface area contributed by atoms with Crippen LogP contribution in [0.15, 0.2) is 24.3 Å². The molecule has 2 atom stereocenters. The van der Waals surface area contributed by atoms with Gasteiger partial charge in [0.25, 0.3) is 0 Å². The molecule has 4 nitrogen and oxygen atoms in total. The van der Waals surface area contributed by atoms with Gasteiger partial charge in [-0.3, -0.25) is 4.90 Å². The van der Waals surface area contributed by atoms with E-state index in [1.54, 1.807) is 0 Å². The minimum Gasteiger partial charge on any atom is -0.399 e. The van der Waals surface area contributed by atoms with Crippen molar-refractivity contribution in [1.82, 2.24) is 4.90 Å². The second kappa shape index (κ2) is 6.79. The first-order valence-electron chi connectivity index (χ1n) is 7.67. The second-order valence-corrected chi connectivity index (χ2v) is 8.40. The Morgan fingerprint density at radius 1 is 1.24 bits per heavy atom. The molecule has 0 saturated heterocycles. The van der Waals surface area contributed by atoms with Crippen LogP contribution in [0.3, 0.4) is 0 Å². The Hall–Kier alpha value is -1.07. The van der Waals surface area contributed by atoms with E-state index in [4.69, 9.17) is 5.73 Å². The van der Waals surface area contributed by atoms with E-state index in [0.717, 1.165) is 44.5 Å². The molecule has 5 heteroatoms. The number of hydrogen-bond donors (Lipinski definition) is 1. The lowest BCUT2D eigenvalue weighted by Crippen LogP contribution is -2.41. The van der Waals surface area contributed by atoms with Crippen LogP contribution in [0.5, 0.6) is 0 Å². The van der Waals surface area contributed by atoms with Crippen molar-refractivity contribution in [3.8, 4) is 0 Å². The van der Waals surface area contributed by atoms with Crippen molar-refractivity contribution in [2.45, 2.75) is 50.4 Å². The third-order valence-electron chi connectivity index (χ3n) is 4.49. The van der Waals surface area contributed by atoms with Gasteiger partial charge in [-0.25, -0.2) is 8.42 Å². The first-order valence-corrected chi connectivity index (χ1v) is 9.63. The first-order chi connectivity index (χ1) is 9.90. The number of anilines is 1. The summed E-state index contributed by atoms with van der Waals surface area (Å²) in [5.74, 6) is 0. The monoisotopic (exact) mass is 310 g/mol.